The normalized spacial score (nSPS) is 19.7. The van der Waals surface area contributed by atoms with E-state index in [4.69, 9.17) is 10.00 Å². The maximum absolute atomic E-state index is 11.6. The van der Waals surface area contributed by atoms with Gasteiger partial charge in [-0.25, -0.2) is 8.42 Å². The fraction of sp³-hybridized carbons (Fsp3) is 0.438. The zero-order valence-electron chi connectivity index (χ0n) is 12.4. The molecule has 118 valence electrons. The van der Waals surface area contributed by atoms with Crippen LogP contribution in [-0.2, 0) is 9.84 Å². The van der Waals surface area contributed by atoms with E-state index in [9.17, 15) is 8.42 Å². The van der Waals surface area contributed by atoms with Gasteiger partial charge in [0.15, 0.2) is 9.84 Å². The molecule has 1 fully saturated rings. The van der Waals surface area contributed by atoms with Gasteiger partial charge in [0.25, 0.3) is 0 Å². The Morgan fingerprint density at radius 3 is 2.68 bits per heavy atom. The molecule has 1 aliphatic heterocycles. The number of nitrogens with zero attached hydrogens (tertiary/aromatic N) is 2. The van der Waals surface area contributed by atoms with Crippen molar-refractivity contribution >= 4 is 9.84 Å². The third-order valence-corrected chi connectivity index (χ3v) is 5.47. The van der Waals surface area contributed by atoms with Gasteiger partial charge >= 0.3 is 0 Å². The summed E-state index contributed by atoms with van der Waals surface area (Å²) in [5.41, 5.74) is 0.594. The first-order chi connectivity index (χ1) is 10.5. The molecule has 0 radical (unpaired) electrons. The molecule has 6 heteroatoms. The summed E-state index contributed by atoms with van der Waals surface area (Å²) in [5.74, 6) is 1.19. The van der Waals surface area contributed by atoms with Gasteiger partial charge in [0, 0.05) is 19.1 Å². The van der Waals surface area contributed by atoms with Gasteiger partial charge in [-0.3, -0.25) is 4.90 Å². The molecule has 1 aromatic rings. The molecule has 0 aromatic heterocycles. The number of sulfone groups is 1. The number of hydrogen-bond acceptors (Lipinski definition) is 5. The maximum atomic E-state index is 11.6. The highest BCUT2D eigenvalue weighted by molar-refractivity contribution is 7.91. The van der Waals surface area contributed by atoms with E-state index < -0.39 is 9.84 Å². The molecule has 0 N–H and O–H groups in total. The van der Waals surface area contributed by atoms with E-state index >= 15 is 0 Å². The Morgan fingerprint density at radius 2 is 2.14 bits per heavy atom. The average Bonchev–Trinajstić information content (AvgIpc) is 2.87. The highest BCUT2D eigenvalue weighted by Crippen LogP contribution is 2.18. The molecule has 0 spiro atoms. The van der Waals surface area contributed by atoms with Crippen LogP contribution in [0.2, 0.25) is 0 Å². The van der Waals surface area contributed by atoms with Gasteiger partial charge in [-0.2, -0.15) is 5.26 Å². The first kappa shape index (κ1) is 16.5. The van der Waals surface area contributed by atoms with E-state index in [1.165, 1.54) is 0 Å². The van der Waals surface area contributed by atoms with Crippen molar-refractivity contribution in [3.63, 3.8) is 0 Å². The van der Waals surface area contributed by atoms with Crippen LogP contribution in [0.3, 0.4) is 0 Å². The molecule has 0 aliphatic carbocycles. The molecule has 1 atom stereocenters. The van der Waals surface area contributed by atoms with Crippen molar-refractivity contribution in [2.24, 2.45) is 0 Å². The molecule has 5 nitrogen and oxygen atoms in total. The van der Waals surface area contributed by atoms with Crippen LogP contribution < -0.4 is 4.74 Å². The summed E-state index contributed by atoms with van der Waals surface area (Å²) >= 11 is 0. The lowest BCUT2D eigenvalue weighted by Gasteiger charge is -2.26. The van der Waals surface area contributed by atoms with E-state index in [2.05, 4.69) is 17.5 Å². The number of hydrogen-bond donors (Lipinski definition) is 0. The van der Waals surface area contributed by atoms with Gasteiger partial charge < -0.3 is 4.74 Å². The number of rotatable bonds is 7. The number of benzene rings is 1. The van der Waals surface area contributed by atoms with Crippen LogP contribution >= 0.6 is 0 Å². The van der Waals surface area contributed by atoms with Crippen molar-refractivity contribution in [2.75, 3.05) is 31.2 Å². The van der Waals surface area contributed by atoms with Crippen LogP contribution in [0.5, 0.6) is 5.75 Å². The van der Waals surface area contributed by atoms with E-state index in [1.807, 2.05) is 0 Å². The fourth-order valence-corrected chi connectivity index (χ4v) is 4.32. The summed E-state index contributed by atoms with van der Waals surface area (Å²) < 4.78 is 28.8. The summed E-state index contributed by atoms with van der Waals surface area (Å²) in [5, 5.41) is 8.74. The van der Waals surface area contributed by atoms with Crippen LogP contribution in [0.1, 0.15) is 12.0 Å². The minimum Gasteiger partial charge on any atom is -0.492 e. The Bertz CT molecular complexity index is 647. The fourth-order valence-electron chi connectivity index (χ4n) is 2.56. The highest BCUT2D eigenvalue weighted by atomic mass is 32.2. The van der Waals surface area contributed by atoms with Crippen molar-refractivity contribution in [3.05, 3.63) is 42.5 Å². The molecular formula is C16H20N2O3S. The Hall–Kier alpha value is -1.84. The minimum atomic E-state index is -2.89. The molecule has 0 saturated carbocycles. The van der Waals surface area contributed by atoms with Crippen LogP contribution in [0.15, 0.2) is 36.9 Å². The lowest BCUT2D eigenvalue weighted by molar-refractivity contribution is 0.185. The molecular weight excluding hydrogens is 300 g/mol. The van der Waals surface area contributed by atoms with Crippen LogP contribution in [0.4, 0.5) is 0 Å². The second-order valence-electron chi connectivity index (χ2n) is 5.33. The average molecular weight is 320 g/mol. The van der Waals surface area contributed by atoms with Crippen LogP contribution in [-0.4, -0.2) is 50.6 Å². The molecule has 0 bridgehead atoms. The minimum absolute atomic E-state index is 0.0487. The first-order valence-corrected chi connectivity index (χ1v) is 9.04. The molecule has 1 aromatic carbocycles. The molecule has 0 amide bonds. The number of nitriles is 1. The molecule has 1 saturated heterocycles. The third kappa shape index (κ3) is 4.58. The van der Waals surface area contributed by atoms with Crippen molar-refractivity contribution in [1.82, 2.24) is 4.90 Å². The Balaban J connectivity index is 1.86. The summed E-state index contributed by atoms with van der Waals surface area (Å²) in [7, 11) is -2.89. The van der Waals surface area contributed by atoms with E-state index in [-0.39, 0.29) is 17.5 Å². The van der Waals surface area contributed by atoms with E-state index in [1.54, 1.807) is 30.3 Å². The lowest BCUT2D eigenvalue weighted by atomic mass is 10.2. The third-order valence-electron chi connectivity index (χ3n) is 3.72. The van der Waals surface area contributed by atoms with Gasteiger partial charge in [0.1, 0.15) is 12.4 Å². The standard InChI is InChI=1S/C16H20N2O3S/c1-2-8-18(15-7-11-22(19,20)13-15)9-10-21-16-5-3-14(12-17)4-6-16/h2-6,15H,1,7-11,13H2/t15-/m1/s1. The van der Waals surface area contributed by atoms with Crippen molar-refractivity contribution in [1.29, 1.82) is 5.26 Å². The van der Waals surface area contributed by atoms with E-state index in [0.717, 1.165) is 0 Å². The predicted octanol–water partition coefficient (Wildman–Crippen LogP) is 1.61. The highest BCUT2D eigenvalue weighted by Gasteiger charge is 2.31. The molecule has 1 aliphatic rings. The number of ether oxygens (including phenoxy) is 1. The SMILES string of the molecule is C=CCN(CCOc1ccc(C#N)cc1)[C@@H]1CCS(=O)(=O)C1. The van der Waals surface area contributed by atoms with Crippen molar-refractivity contribution in [2.45, 2.75) is 12.5 Å². The second kappa shape index (κ2) is 7.43. The molecule has 2 rings (SSSR count). The molecule has 0 unspecified atom stereocenters. The smallest absolute Gasteiger partial charge is 0.151 e. The quantitative estimate of drug-likeness (QED) is 0.714. The molecule has 1 heterocycles. The van der Waals surface area contributed by atoms with Crippen molar-refractivity contribution in [3.8, 4) is 11.8 Å². The Labute approximate surface area is 131 Å². The van der Waals surface area contributed by atoms with Gasteiger partial charge in [-0.15, -0.1) is 6.58 Å². The van der Waals surface area contributed by atoms with Gasteiger partial charge in [0.2, 0.25) is 0 Å². The first-order valence-electron chi connectivity index (χ1n) is 7.22. The van der Waals surface area contributed by atoms with Gasteiger partial charge in [-0.1, -0.05) is 6.08 Å². The lowest BCUT2D eigenvalue weighted by Crippen LogP contribution is -2.39. The Morgan fingerprint density at radius 1 is 1.41 bits per heavy atom. The Kier molecular flexibility index (Phi) is 5.58. The largest absolute Gasteiger partial charge is 0.492 e. The van der Waals surface area contributed by atoms with Crippen LogP contribution in [0.25, 0.3) is 0 Å². The zero-order chi connectivity index (χ0) is 16.0. The topological polar surface area (TPSA) is 70.4 Å². The van der Waals surface area contributed by atoms with Crippen molar-refractivity contribution < 1.29 is 13.2 Å². The van der Waals surface area contributed by atoms with Crippen LogP contribution in [0, 0.1) is 11.3 Å². The zero-order valence-corrected chi connectivity index (χ0v) is 13.3. The molecule has 22 heavy (non-hydrogen) atoms. The summed E-state index contributed by atoms with van der Waals surface area (Å²) in [4.78, 5) is 2.10. The summed E-state index contributed by atoms with van der Waals surface area (Å²) in [6.45, 7) is 5.49. The predicted molar refractivity (Wildman–Crippen MR) is 85.5 cm³/mol. The summed E-state index contributed by atoms with van der Waals surface area (Å²) in [6, 6.07) is 9.05. The monoisotopic (exact) mass is 320 g/mol. The summed E-state index contributed by atoms with van der Waals surface area (Å²) in [6.07, 6.45) is 2.46. The second-order valence-corrected chi connectivity index (χ2v) is 7.55. The van der Waals surface area contributed by atoms with E-state index in [0.29, 0.717) is 37.4 Å². The van der Waals surface area contributed by atoms with Gasteiger partial charge in [-0.05, 0) is 30.7 Å². The maximum Gasteiger partial charge on any atom is 0.151 e. The van der Waals surface area contributed by atoms with Gasteiger partial charge in [0.05, 0.1) is 23.1 Å².